The summed E-state index contributed by atoms with van der Waals surface area (Å²) in [6, 6.07) is 13.6. The van der Waals surface area contributed by atoms with E-state index >= 15 is 0 Å². The van der Waals surface area contributed by atoms with Crippen LogP contribution in [0.1, 0.15) is 37.1 Å². The Morgan fingerprint density at radius 1 is 1.20 bits per heavy atom. The van der Waals surface area contributed by atoms with E-state index in [1.54, 1.807) is 17.9 Å². The van der Waals surface area contributed by atoms with Crippen LogP contribution in [0.4, 0.5) is 4.79 Å². The van der Waals surface area contributed by atoms with Gasteiger partial charge in [-0.1, -0.05) is 29.8 Å². The molecule has 1 amide bonds. The monoisotopic (exact) mass is 407 g/mol. The number of amides is 1. The minimum absolute atomic E-state index is 0.164. The van der Waals surface area contributed by atoms with Crippen molar-refractivity contribution < 1.29 is 14.3 Å². The van der Waals surface area contributed by atoms with Crippen LogP contribution in [0.15, 0.2) is 42.5 Å². The summed E-state index contributed by atoms with van der Waals surface area (Å²) >= 11 is 0. The highest BCUT2D eigenvalue weighted by molar-refractivity contribution is 5.74. The highest BCUT2D eigenvalue weighted by atomic mass is 16.6. The van der Waals surface area contributed by atoms with Crippen molar-refractivity contribution in [1.82, 2.24) is 25.5 Å². The van der Waals surface area contributed by atoms with Crippen LogP contribution in [-0.4, -0.2) is 46.1 Å². The lowest BCUT2D eigenvalue weighted by molar-refractivity contribution is 0.159. The third-order valence-corrected chi connectivity index (χ3v) is 4.95. The molecule has 1 N–H and O–H groups in total. The minimum atomic E-state index is -0.536. The van der Waals surface area contributed by atoms with E-state index in [-0.39, 0.29) is 6.04 Å². The van der Waals surface area contributed by atoms with Gasteiger partial charge in [0.25, 0.3) is 0 Å². The second kappa shape index (κ2) is 8.62. The fourth-order valence-electron chi connectivity index (χ4n) is 3.28. The molecule has 8 nitrogen and oxygen atoms in total. The molecule has 1 aliphatic carbocycles. The van der Waals surface area contributed by atoms with Crippen molar-refractivity contribution in [2.24, 2.45) is 0 Å². The van der Waals surface area contributed by atoms with Crippen molar-refractivity contribution in [3.63, 3.8) is 0 Å². The van der Waals surface area contributed by atoms with Crippen LogP contribution < -0.4 is 10.1 Å². The van der Waals surface area contributed by atoms with Crippen molar-refractivity contribution in [3.8, 4) is 22.6 Å². The number of rotatable bonds is 7. The first kappa shape index (κ1) is 20.0. The zero-order valence-electron chi connectivity index (χ0n) is 17.3. The summed E-state index contributed by atoms with van der Waals surface area (Å²) in [5, 5.41) is 15.0. The fraction of sp³-hybridized carbons (Fsp3) is 0.364. The number of methoxy groups -OCH3 is 1. The van der Waals surface area contributed by atoms with Gasteiger partial charge in [0.2, 0.25) is 0 Å². The molecular weight excluding hydrogens is 382 g/mol. The van der Waals surface area contributed by atoms with Crippen molar-refractivity contribution >= 4 is 6.09 Å². The van der Waals surface area contributed by atoms with Crippen LogP contribution in [-0.2, 0) is 4.74 Å². The first-order valence-corrected chi connectivity index (χ1v) is 10.0. The molecule has 0 saturated heterocycles. The normalized spacial score (nSPS) is 14.4. The molecule has 0 radical (unpaired) electrons. The fourth-order valence-corrected chi connectivity index (χ4v) is 3.28. The summed E-state index contributed by atoms with van der Waals surface area (Å²) in [7, 11) is 1.59. The van der Waals surface area contributed by atoms with Gasteiger partial charge in [0, 0.05) is 19.1 Å². The molecule has 1 atom stereocenters. The van der Waals surface area contributed by atoms with E-state index in [9.17, 15) is 4.79 Å². The molecule has 1 heterocycles. The molecule has 1 aromatic heterocycles. The van der Waals surface area contributed by atoms with Gasteiger partial charge in [0.15, 0.2) is 5.82 Å². The highest BCUT2D eigenvalue weighted by Crippen LogP contribution is 2.39. The van der Waals surface area contributed by atoms with Crippen LogP contribution in [0.2, 0.25) is 0 Å². The van der Waals surface area contributed by atoms with E-state index in [0.29, 0.717) is 18.3 Å². The first-order valence-electron chi connectivity index (χ1n) is 10.0. The van der Waals surface area contributed by atoms with E-state index in [1.807, 2.05) is 50.2 Å². The Hall–Kier alpha value is -3.26. The van der Waals surface area contributed by atoms with Gasteiger partial charge in [-0.3, -0.25) is 0 Å². The molecule has 0 spiro atoms. The van der Waals surface area contributed by atoms with Gasteiger partial charge in [-0.25, -0.2) is 4.79 Å². The lowest BCUT2D eigenvalue weighted by Crippen LogP contribution is -2.37. The Labute approximate surface area is 175 Å². The van der Waals surface area contributed by atoms with Crippen LogP contribution >= 0.6 is 0 Å². The molecular formula is C22H25N5O3. The zero-order valence-corrected chi connectivity index (χ0v) is 17.3. The number of carbonyl (C=O) groups excluding carboxylic acids is 1. The predicted molar refractivity (Wildman–Crippen MR) is 112 cm³/mol. The highest BCUT2D eigenvalue weighted by Gasteiger charge is 2.30. The number of hydrogen-bond donors (Lipinski definition) is 1. The van der Waals surface area contributed by atoms with Crippen LogP contribution in [0.25, 0.3) is 16.8 Å². The third-order valence-electron chi connectivity index (χ3n) is 4.95. The second-order valence-corrected chi connectivity index (χ2v) is 7.70. The van der Waals surface area contributed by atoms with Crippen molar-refractivity contribution in [3.05, 3.63) is 53.9 Å². The van der Waals surface area contributed by atoms with Crippen molar-refractivity contribution in [1.29, 1.82) is 0 Å². The number of tetrazole rings is 1. The van der Waals surface area contributed by atoms with E-state index < -0.39 is 6.09 Å². The molecule has 30 heavy (non-hydrogen) atoms. The molecule has 3 aromatic rings. The number of aromatic nitrogens is 4. The van der Waals surface area contributed by atoms with E-state index in [1.165, 1.54) is 5.56 Å². The third kappa shape index (κ3) is 4.65. The van der Waals surface area contributed by atoms with Gasteiger partial charge < -0.3 is 14.8 Å². The maximum atomic E-state index is 12.3. The molecule has 156 valence electrons. The number of hydrogen-bond acceptors (Lipinski definition) is 6. The minimum Gasteiger partial charge on any atom is -0.410 e. The number of benzene rings is 2. The lowest BCUT2D eigenvalue weighted by atomic mass is 10.0. The number of nitrogens with zero attached hydrogens (tertiary/aromatic N) is 4. The average Bonchev–Trinajstić information content (AvgIpc) is 3.44. The first-order chi connectivity index (χ1) is 14.5. The summed E-state index contributed by atoms with van der Waals surface area (Å²) in [6.07, 6.45) is 1.63. The summed E-state index contributed by atoms with van der Waals surface area (Å²) in [5.41, 5.74) is 3.86. The molecule has 1 saturated carbocycles. The van der Waals surface area contributed by atoms with E-state index in [0.717, 1.165) is 35.5 Å². The number of carbonyl (C=O) groups is 1. The second-order valence-electron chi connectivity index (χ2n) is 7.70. The quantitative estimate of drug-likeness (QED) is 0.643. The smallest absolute Gasteiger partial charge is 0.410 e. The maximum Gasteiger partial charge on any atom is 0.412 e. The number of ether oxygens (including phenoxy) is 2. The topological polar surface area (TPSA) is 91.2 Å². The maximum absolute atomic E-state index is 12.3. The molecule has 1 fully saturated rings. The summed E-state index contributed by atoms with van der Waals surface area (Å²) < 4.78 is 12.4. The van der Waals surface area contributed by atoms with Gasteiger partial charge in [0.1, 0.15) is 5.75 Å². The van der Waals surface area contributed by atoms with Crippen LogP contribution in [0.5, 0.6) is 5.75 Å². The summed E-state index contributed by atoms with van der Waals surface area (Å²) in [5.74, 6) is 1.63. The molecule has 0 aliphatic heterocycles. The van der Waals surface area contributed by atoms with Crippen molar-refractivity contribution in [2.75, 3.05) is 13.7 Å². The Bertz CT molecular complexity index is 1030. The molecule has 4 rings (SSSR count). The molecule has 0 bridgehead atoms. The average molecular weight is 407 g/mol. The molecule has 1 unspecified atom stereocenters. The summed E-state index contributed by atoms with van der Waals surface area (Å²) in [6.45, 7) is 4.30. The largest absolute Gasteiger partial charge is 0.412 e. The molecule has 1 aliphatic rings. The van der Waals surface area contributed by atoms with Gasteiger partial charge >= 0.3 is 6.09 Å². The van der Waals surface area contributed by atoms with Gasteiger partial charge in [-0.05, 0) is 60.4 Å². The number of nitrogens with one attached hydrogen (secondary N) is 1. The van der Waals surface area contributed by atoms with Gasteiger partial charge in [0.05, 0.1) is 18.3 Å². The van der Waals surface area contributed by atoms with E-state index in [2.05, 4.69) is 20.8 Å². The van der Waals surface area contributed by atoms with Gasteiger partial charge in [-0.15, -0.1) is 5.10 Å². The predicted octanol–water partition coefficient (Wildman–Crippen LogP) is 3.64. The molecule has 2 aromatic carbocycles. The SMILES string of the molecule is COCC(C)NC(=O)Oc1cc(-c2ccc(C)cc2)cc(-n2nnnc2C2CC2)c1. The Balaban J connectivity index is 1.68. The Kier molecular flexibility index (Phi) is 5.76. The summed E-state index contributed by atoms with van der Waals surface area (Å²) in [4.78, 5) is 12.3. The van der Waals surface area contributed by atoms with Crippen molar-refractivity contribution in [2.45, 2.75) is 38.6 Å². The number of aryl methyl sites for hydroxylation is 1. The lowest BCUT2D eigenvalue weighted by Gasteiger charge is -2.14. The van der Waals surface area contributed by atoms with Crippen LogP contribution in [0, 0.1) is 6.92 Å². The standard InChI is InChI=1S/C22H25N5O3/c1-14-4-6-16(7-5-14)18-10-19(27-21(17-8-9-17)24-25-26-27)12-20(11-18)30-22(28)23-15(2)13-29-3/h4-7,10-12,15,17H,8-9,13H2,1-3H3,(H,23,28). The van der Waals surface area contributed by atoms with E-state index in [4.69, 9.17) is 9.47 Å². The van der Waals surface area contributed by atoms with Crippen LogP contribution in [0.3, 0.4) is 0 Å². The Morgan fingerprint density at radius 2 is 1.97 bits per heavy atom. The zero-order chi connectivity index (χ0) is 21.1. The Morgan fingerprint density at radius 3 is 2.67 bits per heavy atom. The molecule has 8 heteroatoms. The van der Waals surface area contributed by atoms with Gasteiger partial charge in [-0.2, -0.15) is 4.68 Å².